The molecule has 3 fully saturated rings. The Bertz CT molecular complexity index is 627. The van der Waals surface area contributed by atoms with Gasteiger partial charge < -0.3 is 4.90 Å². The number of amides is 1. The zero-order valence-electron chi connectivity index (χ0n) is 13.9. The van der Waals surface area contributed by atoms with Crippen LogP contribution in [-0.2, 0) is 0 Å². The lowest BCUT2D eigenvalue weighted by Crippen LogP contribution is -2.57. The molecule has 1 saturated carbocycles. The Kier molecular flexibility index (Phi) is 3.18. The third-order valence-corrected chi connectivity index (χ3v) is 7.42. The van der Waals surface area contributed by atoms with Crippen LogP contribution >= 0.6 is 11.3 Å². The highest BCUT2D eigenvalue weighted by atomic mass is 32.1. The number of fused-ring (bicyclic) bond motifs is 1. The van der Waals surface area contributed by atoms with Crippen LogP contribution in [-0.4, -0.2) is 52.4 Å². The molecule has 22 heavy (non-hydrogen) atoms. The van der Waals surface area contributed by atoms with E-state index >= 15 is 0 Å². The molecule has 3 heterocycles. The fraction of sp³-hybridized carbons (Fsp3) is 0.765. The van der Waals surface area contributed by atoms with Gasteiger partial charge in [-0.15, -0.1) is 11.3 Å². The van der Waals surface area contributed by atoms with Crippen molar-refractivity contribution >= 4 is 17.2 Å². The van der Waals surface area contributed by atoms with E-state index < -0.39 is 0 Å². The van der Waals surface area contributed by atoms with Crippen molar-refractivity contribution in [2.24, 2.45) is 5.41 Å². The summed E-state index contributed by atoms with van der Waals surface area (Å²) in [5, 5.41) is 0.991. The summed E-state index contributed by atoms with van der Waals surface area (Å²) in [6.45, 7) is 7.26. The van der Waals surface area contributed by atoms with Crippen LogP contribution in [0.15, 0.2) is 0 Å². The summed E-state index contributed by atoms with van der Waals surface area (Å²) in [5.74, 6) is 0.222. The minimum Gasteiger partial charge on any atom is -0.333 e. The SMILES string of the molecule is Cc1nc(C)c(C(=O)N2C[C@@H]3C[C@@]4(C)[C@H](CCC[C@@H]24)N3C)s1. The van der Waals surface area contributed by atoms with Crippen LogP contribution in [0.5, 0.6) is 0 Å². The number of carbonyl (C=O) groups excluding carboxylic acids is 1. The summed E-state index contributed by atoms with van der Waals surface area (Å²) in [5.41, 5.74) is 1.18. The van der Waals surface area contributed by atoms with E-state index in [1.165, 1.54) is 19.3 Å². The molecule has 2 saturated heterocycles. The highest BCUT2D eigenvalue weighted by Crippen LogP contribution is 2.53. The zero-order chi connectivity index (χ0) is 15.6. The average molecular weight is 319 g/mol. The second kappa shape index (κ2) is 4.78. The van der Waals surface area contributed by atoms with Crippen molar-refractivity contribution in [1.82, 2.24) is 14.8 Å². The molecule has 1 aromatic rings. The number of likely N-dealkylation sites (N-methyl/N-ethyl adjacent to an activating group) is 1. The minimum absolute atomic E-state index is 0.222. The third kappa shape index (κ3) is 1.84. The van der Waals surface area contributed by atoms with Gasteiger partial charge in [0.15, 0.2) is 0 Å². The highest BCUT2D eigenvalue weighted by Gasteiger charge is 2.59. The number of carbonyl (C=O) groups is 1. The van der Waals surface area contributed by atoms with Crippen LogP contribution in [0.2, 0.25) is 0 Å². The summed E-state index contributed by atoms with van der Waals surface area (Å²) in [4.78, 5) is 23.2. The Morgan fingerprint density at radius 1 is 1.32 bits per heavy atom. The number of thiazole rings is 1. The van der Waals surface area contributed by atoms with Crippen molar-refractivity contribution in [2.45, 2.75) is 64.6 Å². The van der Waals surface area contributed by atoms with Gasteiger partial charge in [0.25, 0.3) is 5.91 Å². The van der Waals surface area contributed by atoms with Gasteiger partial charge in [0.05, 0.1) is 10.7 Å². The Balaban J connectivity index is 1.71. The van der Waals surface area contributed by atoms with Crippen LogP contribution in [0.25, 0.3) is 0 Å². The number of aryl methyl sites for hydroxylation is 2. The first kappa shape index (κ1) is 14.6. The largest absolute Gasteiger partial charge is 0.333 e. The number of aromatic nitrogens is 1. The first-order valence-electron chi connectivity index (χ1n) is 8.39. The van der Waals surface area contributed by atoms with E-state index in [1.54, 1.807) is 11.3 Å². The van der Waals surface area contributed by atoms with Gasteiger partial charge in [0, 0.05) is 30.1 Å². The van der Waals surface area contributed by atoms with E-state index in [9.17, 15) is 4.79 Å². The molecule has 4 atom stereocenters. The lowest BCUT2D eigenvalue weighted by atomic mass is 9.66. The van der Waals surface area contributed by atoms with E-state index in [2.05, 4.69) is 28.8 Å². The number of nitrogens with zero attached hydrogens (tertiary/aromatic N) is 3. The summed E-state index contributed by atoms with van der Waals surface area (Å²) < 4.78 is 0. The van der Waals surface area contributed by atoms with E-state index in [4.69, 9.17) is 0 Å². The molecule has 0 N–H and O–H groups in total. The molecule has 5 heteroatoms. The highest BCUT2D eigenvalue weighted by molar-refractivity contribution is 7.13. The molecule has 3 aliphatic rings. The second-order valence-corrected chi connectivity index (χ2v) is 8.80. The second-order valence-electron chi connectivity index (χ2n) is 7.60. The molecule has 0 spiro atoms. The topological polar surface area (TPSA) is 36.4 Å². The quantitative estimate of drug-likeness (QED) is 0.798. The Hall–Kier alpha value is -0.940. The van der Waals surface area contributed by atoms with Crippen LogP contribution in [0.3, 0.4) is 0 Å². The molecule has 2 bridgehead atoms. The lowest BCUT2D eigenvalue weighted by molar-refractivity contribution is 0.0120. The van der Waals surface area contributed by atoms with Crippen molar-refractivity contribution in [3.63, 3.8) is 0 Å². The van der Waals surface area contributed by atoms with Crippen molar-refractivity contribution < 1.29 is 4.79 Å². The number of hydrogen-bond donors (Lipinski definition) is 0. The van der Waals surface area contributed by atoms with Crippen molar-refractivity contribution in [1.29, 1.82) is 0 Å². The molecule has 1 aromatic heterocycles. The van der Waals surface area contributed by atoms with Crippen molar-refractivity contribution in [2.75, 3.05) is 13.6 Å². The fourth-order valence-electron chi connectivity index (χ4n) is 5.38. The van der Waals surface area contributed by atoms with Gasteiger partial charge in [0.1, 0.15) is 4.88 Å². The normalized spacial score (nSPS) is 37.6. The molecule has 0 radical (unpaired) electrons. The number of rotatable bonds is 1. The standard InChI is InChI=1S/C17H25N3OS/c1-10-15(22-11(2)18-10)16(21)20-9-12-8-17(3)13(19(12)4)6-5-7-14(17)20/h12-14H,5-9H2,1-4H3/t12-,13-,14+,17-/m0/s1. The maximum atomic E-state index is 13.2. The third-order valence-electron chi connectivity index (χ3n) is 6.36. The molecular formula is C17H25N3OS. The van der Waals surface area contributed by atoms with Gasteiger partial charge in [-0.3, -0.25) is 9.69 Å². The summed E-state index contributed by atoms with van der Waals surface area (Å²) in [7, 11) is 2.26. The molecule has 120 valence electrons. The zero-order valence-corrected chi connectivity index (χ0v) is 14.7. The minimum atomic E-state index is 0.222. The van der Waals surface area contributed by atoms with Crippen LogP contribution in [0.1, 0.15) is 53.0 Å². The van der Waals surface area contributed by atoms with E-state index in [0.717, 1.165) is 28.5 Å². The number of piperidine rings is 1. The Morgan fingerprint density at radius 3 is 2.73 bits per heavy atom. The van der Waals surface area contributed by atoms with Gasteiger partial charge in [-0.05, 0) is 46.6 Å². The monoisotopic (exact) mass is 319 g/mol. The maximum absolute atomic E-state index is 13.2. The van der Waals surface area contributed by atoms with Crippen LogP contribution in [0.4, 0.5) is 0 Å². The van der Waals surface area contributed by atoms with Gasteiger partial charge in [0.2, 0.25) is 0 Å². The first-order valence-corrected chi connectivity index (χ1v) is 9.20. The van der Waals surface area contributed by atoms with Gasteiger partial charge in [-0.25, -0.2) is 4.98 Å². The predicted molar refractivity (Wildman–Crippen MR) is 88.3 cm³/mol. The summed E-state index contributed by atoms with van der Waals surface area (Å²) in [6.07, 6.45) is 4.95. The lowest BCUT2D eigenvalue weighted by Gasteiger charge is -2.50. The molecule has 4 nitrogen and oxygen atoms in total. The summed E-state index contributed by atoms with van der Waals surface area (Å²) in [6, 6.07) is 1.59. The molecular weight excluding hydrogens is 294 g/mol. The van der Waals surface area contributed by atoms with Gasteiger partial charge in [-0.1, -0.05) is 6.92 Å². The summed E-state index contributed by atoms with van der Waals surface area (Å²) >= 11 is 1.55. The number of hydrogen-bond acceptors (Lipinski definition) is 4. The molecule has 0 aromatic carbocycles. The maximum Gasteiger partial charge on any atom is 0.266 e. The van der Waals surface area contributed by atoms with Crippen molar-refractivity contribution in [3.8, 4) is 0 Å². The first-order chi connectivity index (χ1) is 10.4. The molecule has 4 rings (SSSR count). The molecule has 1 amide bonds. The van der Waals surface area contributed by atoms with Crippen LogP contribution in [0, 0.1) is 19.3 Å². The van der Waals surface area contributed by atoms with Crippen molar-refractivity contribution in [3.05, 3.63) is 15.6 Å². The molecule has 1 aliphatic carbocycles. The van der Waals surface area contributed by atoms with Gasteiger partial charge >= 0.3 is 0 Å². The predicted octanol–water partition coefficient (Wildman–Crippen LogP) is 2.85. The van der Waals surface area contributed by atoms with E-state index in [-0.39, 0.29) is 11.3 Å². The Morgan fingerprint density at radius 2 is 2.05 bits per heavy atom. The van der Waals surface area contributed by atoms with Crippen LogP contribution < -0.4 is 0 Å². The van der Waals surface area contributed by atoms with Gasteiger partial charge in [-0.2, -0.15) is 0 Å². The van der Waals surface area contributed by atoms with E-state index in [1.807, 2.05) is 13.8 Å². The smallest absolute Gasteiger partial charge is 0.266 e. The molecule has 0 unspecified atom stereocenters. The fourth-order valence-corrected chi connectivity index (χ4v) is 6.25. The Labute approximate surface area is 136 Å². The van der Waals surface area contributed by atoms with E-state index in [0.29, 0.717) is 18.1 Å². The molecule has 2 aliphatic heterocycles. The average Bonchev–Trinajstić information content (AvgIpc) is 2.93. The number of likely N-dealkylation sites (tertiary alicyclic amines) is 2.